The van der Waals surface area contributed by atoms with Crippen LogP contribution in [0.1, 0.15) is 28.6 Å². The van der Waals surface area contributed by atoms with Gasteiger partial charge < -0.3 is 19.4 Å². The number of benzene rings is 2. The molecule has 1 atom stereocenters. The monoisotopic (exact) mass is 503 g/mol. The van der Waals surface area contributed by atoms with Crippen molar-refractivity contribution in [2.75, 3.05) is 51.9 Å². The molecule has 37 heavy (non-hydrogen) atoms. The van der Waals surface area contributed by atoms with Crippen molar-refractivity contribution in [2.24, 2.45) is 0 Å². The summed E-state index contributed by atoms with van der Waals surface area (Å²) in [5.74, 6) is 1.48. The summed E-state index contributed by atoms with van der Waals surface area (Å²) >= 11 is 0. The maximum atomic E-state index is 13.5. The predicted octanol–water partition coefficient (Wildman–Crippen LogP) is 2.70. The Morgan fingerprint density at radius 3 is 2.43 bits per heavy atom. The molecule has 1 fully saturated rings. The third-order valence-electron chi connectivity index (χ3n) is 7.21. The van der Waals surface area contributed by atoms with E-state index in [0.29, 0.717) is 24.5 Å². The predicted molar refractivity (Wildman–Crippen MR) is 142 cm³/mol. The van der Waals surface area contributed by atoms with Crippen molar-refractivity contribution in [3.05, 3.63) is 75.3 Å². The molecule has 1 saturated heterocycles. The van der Waals surface area contributed by atoms with Crippen molar-refractivity contribution in [2.45, 2.75) is 26.4 Å². The van der Waals surface area contributed by atoms with Crippen LogP contribution in [0.2, 0.25) is 0 Å². The summed E-state index contributed by atoms with van der Waals surface area (Å²) in [5.41, 5.74) is 4.82. The van der Waals surface area contributed by atoms with E-state index in [1.165, 1.54) is 5.56 Å². The Morgan fingerprint density at radius 1 is 1.00 bits per heavy atom. The molecule has 2 aromatic carbocycles. The highest BCUT2D eigenvalue weighted by atomic mass is 16.5. The number of tetrazole rings is 1. The van der Waals surface area contributed by atoms with E-state index < -0.39 is 0 Å². The maximum Gasteiger partial charge on any atom is 0.253 e. The van der Waals surface area contributed by atoms with Crippen LogP contribution in [0, 0.1) is 13.8 Å². The van der Waals surface area contributed by atoms with Gasteiger partial charge in [0.25, 0.3) is 5.56 Å². The van der Waals surface area contributed by atoms with Gasteiger partial charge in [-0.3, -0.25) is 9.69 Å². The minimum Gasteiger partial charge on any atom is -0.497 e. The van der Waals surface area contributed by atoms with Crippen molar-refractivity contribution in [1.29, 1.82) is 0 Å². The molecule has 194 valence electrons. The van der Waals surface area contributed by atoms with Gasteiger partial charge in [0.05, 0.1) is 20.3 Å². The molecule has 0 aliphatic carbocycles. The number of hydrogen-bond acceptors (Lipinski definition) is 8. The van der Waals surface area contributed by atoms with E-state index in [4.69, 9.17) is 9.47 Å². The molecule has 0 radical (unpaired) electrons. The van der Waals surface area contributed by atoms with Gasteiger partial charge in [-0.05, 0) is 83.3 Å². The zero-order chi connectivity index (χ0) is 25.9. The summed E-state index contributed by atoms with van der Waals surface area (Å²) in [6.45, 7) is 8.24. The Bertz CT molecular complexity index is 1420. The molecule has 1 aliphatic rings. The van der Waals surface area contributed by atoms with Gasteiger partial charge in [0.2, 0.25) is 0 Å². The van der Waals surface area contributed by atoms with Crippen LogP contribution in [-0.2, 0) is 11.3 Å². The first kappa shape index (κ1) is 24.9. The van der Waals surface area contributed by atoms with Gasteiger partial charge >= 0.3 is 0 Å². The van der Waals surface area contributed by atoms with Crippen molar-refractivity contribution >= 4 is 16.6 Å². The summed E-state index contributed by atoms with van der Waals surface area (Å²) < 4.78 is 12.3. The first-order chi connectivity index (χ1) is 18.0. The quantitative estimate of drug-likeness (QED) is 0.392. The average molecular weight is 504 g/mol. The maximum absolute atomic E-state index is 13.5. The molecule has 10 heteroatoms. The largest absolute Gasteiger partial charge is 0.497 e. The van der Waals surface area contributed by atoms with Gasteiger partial charge in [0.15, 0.2) is 5.82 Å². The van der Waals surface area contributed by atoms with Crippen LogP contribution < -0.4 is 15.2 Å². The summed E-state index contributed by atoms with van der Waals surface area (Å²) in [4.78, 5) is 21.2. The summed E-state index contributed by atoms with van der Waals surface area (Å²) in [5, 5.41) is 13.6. The van der Waals surface area contributed by atoms with Gasteiger partial charge in [-0.2, -0.15) is 0 Å². The van der Waals surface area contributed by atoms with Gasteiger partial charge in [0, 0.05) is 50.1 Å². The lowest BCUT2D eigenvalue weighted by atomic mass is 10.00. The van der Waals surface area contributed by atoms with Crippen molar-refractivity contribution in [3.8, 4) is 5.75 Å². The molecule has 4 aromatic rings. The fourth-order valence-electron chi connectivity index (χ4n) is 4.97. The van der Waals surface area contributed by atoms with Crippen LogP contribution in [0.4, 0.5) is 5.69 Å². The summed E-state index contributed by atoms with van der Waals surface area (Å²) in [7, 11) is 3.32. The highest BCUT2D eigenvalue weighted by molar-refractivity contribution is 5.81. The summed E-state index contributed by atoms with van der Waals surface area (Å²) in [6.07, 6.45) is 0. The van der Waals surface area contributed by atoms with Crippen LogP contribution >= 0.6 is 0 Å². The third kappa shape index (κ3) is 5.07. The summed E-state index contributed by atoms with van der Waals surface area (Å²) in [6, 6.07) is 13.9. The normalized spacial score (nSPS) is 15.3. The van der Waals surface area contributed by atoms with Gasteiger partial charge in [-0.25, -0.2) is 4.68 Å². The first-order valence-corrected chi connectivity index (χ1v) is 12.5. The number of nitrogens with zero attached hydrogens (tertiary/aromatic N) is 6. The van der Waals surface area contributed by atoms with E-state index >= 15 is 0 Å². The number of nitrogens with one attached hydrogen (secondary N) is 1. The SMILES string of the molecule is COCCn1nnnc1[C@@H](c1cc2cc(C)c(C)cc2[nH]c1=O)N1CCN(c2ccc(OC)cc2)CC1. The van der Waals surface area contributed by atoms with Crippen molar-refractivity contribution in [1.82, 2.24) is 30.1 Å². The molecule has 0 unspecified atom stereocenters. The van der Waals surface area contributed by atoms with Gasteiger partial charge in [-0.15, -0.1) is 5.10 Å². The van der Waals surface area contributed by atoms with Crippen molar-refractivity contribution in [3.63, 3.8) is 0 Å². The zero-order valence-electron chi connectivity index (χ0n) is 21.8. The Hall–Kier alpha value is -3.76. The second-order valence-corrected chi connectivity index (χ2v) is 9.45. The molecule has 0 saturated carbocycles. The van der Waals surface area contributed by atoms with E-state index in [0.717, 1.165) is 54.1 Å². The molecular formula is C27H33N7O3. The van der Waals surface area contributed by atoms with E-state index in [1.54, 1.807) is 18.9 Å². The number of pyridine rings is 1. The molecule has 1 aliphatic heterocycles. The number of aromatic amines is 1. The highest BCUT2D eigenvalue weighted by Gasteiger charge is 2.32. The molecule has 0 amide bonds. The third-order valence-corrected chi connectivity index (χ3v) is 7.21. The molecule has 1 N–H and O–H groups in total. The Kier molecular flexibility index (Phi) is 7.20. The number of hydrogen-bond donors (Lipinski definition) is 1. The topological polar surface area (TPSA) is 101 Å². The van der Waals surface area contributed by atoms with Gasteiger partial charge in [0.1, 0.15) is 11.8 Å². The number of aromatic nitrogens is 5. The van der Waals surface area contributed by atoms with E-state index in [1.807, 2.05) is 24.3 Å². The van der Waals surface area contributed by atoms with Crippen LogP contribution in [0.5, 0.6) is 5.75 Å². The van der Waals surface area contributed by atoms with E-state index in [-0.39, 0.29) is 11.6 Å². The highest BCUT2D eigenvalue weighted by Crippen LogP contribution is 2.30. The molecule has 10 nitrogen and oxygen atoms in total. The van der Waals surface area contributed by atoms with Crippen LogP contribution in [0.25, 0.3) is 10.9 Å². The second-order valence-electron chi connectivity index (χ2n) is 9.45. The Morgan fingerprint density at radius 2 is 1.73 bits per heavy atom. The number of fused-ring (bicyclic) bond motifs is 1. The lowest BCUT2D eigenvalue weighted by Crippen LogP contribution is -2.49. The van der Waals surface area contributed by atoms with Gasteiger partial charge in [-0.1, -0.05) is 0 Å². The molecule has 5 rings (SSSR count). The fourth-order valence-corrected chi connectivity index (χ4v) is 4.97. The fraction of sp³-hybridized carbons (Fsp3) is 0.407. The van der Waals surface area contributed by atoms with Crippen LogP contribution in [-0.4, -0.2) is 77.1 Å². The zero-order valence-corrected chi connectivity index (χ0v) is 21.8. The Labute approximate surface area is 215 Å². The molecule has 0 bridgehead atoms. The number of methoxy groups -OCH3 is 2. The molecule has 2 aromatic heterocycles. The molecular weight excluding hydrogens is 470 g/mol. The second kappa shape index (κ2) is 10.7. The van der Waals surface area contributed by atoms with Crippen molar-refractivity contribution < 1.29 is 9.47 Å². The number of piperazine rings is 1. The number of anilines is 1. The standard InChI is InChI=1S/C27H33N7O3/c1-18-15-20-17-23(27(35)28-24(20)16-19(18)2)25(26-29-30-31-34(26)13-14-36-3)33-11-9-32(10-12-33)21-5-7-22(37-4)8-6-21/h5-8,15-17,25H,9-14H2,1-4H3,(H,28,35)/t25-/m1/s1. The van der Waals surface area contributed by atoms with E-state index in [2.05, 4.69) is 62.4 Å². The minimum atomic E-state index is -0.389. The smallest absolute Gasteiger partial charge is 0.253 e. The average Bonchev–Trinajstić information content (AvgIpc) is 3.37. The number of ether oxygens (including phenoxy) is 2. The first-order valence-electron chi connectivity index (χ1n) is 12.5. The lowest BCUT2D eigenvalue weighted by Gasteiger charge is -2.39. The molecule has 3 heterocycles. The molecule has 0 spiro atoms. The number of rotatable bonds is 8. The Balaban J connectivity index is 1.50. The van der Waals surface area contributed by atoms with E-state index in [9.17, 15) is 4.79 Å². The van der Waals surface area contributed by atoms with Crippen LogP contribution in [0.15, 0.2) is 47.3 Å². The lowest BCUT2D eigenvalue weighted by molar-refractivity contribution is 0.171. The number of aryl methyl sites for hydroxylation is 2. The van der Waals surface area contributed by atoms with Crippen LogP contribution in [0.3, 0.4) is 0 Å². The number of H-pyrrole nitrogens is 1. The minimum absolute atomic E-state index is 0.125.